The summed E-state index contributed by atoms with van der Waals surface area (Å²) in [6.45, 7) is 3.84. The minimum Gasteiger partial charge on any atom is -0.504 e. The van der Waals surface area contributed by atoms with Crippen LogP contribution in [0.2, 0.25) is 0 Å². The van der Waals surface area contributed by atoms with Crippen molar-refractivity contribution in [1.29, 1.82) is 0 Å². The summed E-state index contributed by atoms with van der Waals surface area (Å²) in [5.41, 5.74) is 0.686. The number of unbranched alkanes of at least 4 members (excludes halogenated alkanes) is 1. The fourth-order valence-corrected chi connectivity index (χ4v) is 1.86. The fraction of sp³-hybridized carbons (Fsp3) is 0.571. The molecule has 2 N–H and O–H groups in total. The van der Waals surface area contributed by atoms with Gasteiger partial charge in [0.15, 0.2) is 17.8 Å². The molecule has 0 saturated carbocycles. The van der Waals surface area contributed by atoms with Crippen molar-refractivity contribution in [3.05, 3.63) is 23.8 Å². The average molecular weight is 268 g/mol. The average Bonchev–Trinajstić information content (AvgIpc) is 2.87. The van der Waals surface area contributed by atoms with Gasteiger partial charge >= 0.3 is 0 Å². The highest BCUT2D eigenvalue weighted by Gasteiger charge is 2.27. The van der Waals surface area contributed by atoms with Crippen LogP contribution in [-0.2, 0) is 14.2 Å². The predicted molar refractivity (Wildman–Crippen MR) is 69.1 cm³/mol. The second-order valence-electron chi connectivity index (χ2n) is 4.60. The summed E-state index contributed by atoms with van der Waals surface area (Å²) in [4.78, 5) is 0. The summed E-state index contributed by atoms with van der Waals surface area (Å²) in [6, 6.07) is 4.53. The zero-order chi connectivity index (χ0) is 13.7. The van der Waals surface area contributed by atoms with Crippen molar-refractivity contribution >= 4 is 0 Å². The Hall–Kier alpha value is -1.30. The zero-order valence-electron chi connectivity index (χ0n) is 11.0. The number of hydrogen-bond acceptors (Lipinski definition) is 5. The molecule has 0 spiro atoms. The highest BCUT2D eigenvalue weighted by Crippen LogP contribution is 2.32. The van der Waals surface area contributed by atoms with E-state index in [1.807, 2.05) is 0 Å². The Labute approximate surface area is 112 Å². The minimum atomic E-state index is -0.508. The second-order valence-corrected chi connectivity index (χ2v) is 4.60. The molecule has 1 aliphatic heterocycles. The molecule has 5 heteroatoms. The van der Waals surface area contributed by atoms with Gasteiger partial charge in [0.25, 0.3) is 0 Å². The molecule has 0 radical (unpaired) electrons. The monoisotopic (exact) mass is 268 g/mol. The third-order valence-corrected chi connectivity index (χ3v) is 2.97. The topological polar surface area (TPSA) is 68.2 Å². The van der Waals surface area contributed by atoms with E-state index < -0.39 is 6.29 Å². The van der Waals surface area contributed by atoms with Crippen molar-refractivity contribution in [2.45, 2.75) is 32.2 Å². The Morgan fingerprint density at radius 2 is 2.16 bits per heavy atom. The van der Waals surface area contributed by atoms with Crippen LogP contribution in [0.3, 0.4) is 0 Å². The second kappa shape index (κ2) is 6.75. The molecule has 1 aromatic rings. The molecule has 0 aromatic heterocycles. The maximum Gasteiger partial charge on any atom is 0.184 e. The van der Waals surface area contributed by atoms with Gasteiger partial charge < -0.3 is 24.4 Å². The standard InChI is InChI=1S/C14H20O5/c1-2-3-6-17-8-11-9-18-14(19-11)10-4-5-12(15)13(16)7-10/h4-5,7,11,14-16H,2-3,6,8-9H2,1H3. The molecule has 2 unspecified atom stereocenters. The number of phenols is 2. The molecule has 5 nitrogen and oxygen atoms in total. The first-order valence-electron chi connectivity index (χ1n) is 6.57. The van der Waals surface area contributed by atoms with Crippen molar-refractivity contribution in [1.82, 2.24) is 0 Å². The number of aromatic hydroxyl groups is 2. The van der Waals surface area contributed by atoms with Crippen molar-refractivity contribution in [3.8, 4) is 11.5 Å². The van der Waals surface area contributed by atoms with Gasteiger partial charge in [0.05, 0.1) is 13.2 Å². The van der Waals surface area contributed by atoms with E-state index in [1.54, 1.807) is 6.07 Å². The molecule has 0 bridgehead atoms. The first kappa shape index (κ1) is 14.1. The van der Waals surface area contributed by atoms with Crippen molar-refractivity contribution < 1.29 is 24.4 Å². The normalized spacial score (nSPS) is 22.8. The SMILES string of the molecule is CCCCOCC1COC(c2ccc(O)c(O)c2)O1. The van der Waals surface area contributed by atoms with Gasteiger partial charge in [0.2, 0.25) is 0 Å². The third kappa shape index (κ3) is 3.83. The number of phenolic OH excluding ortho intramolecular Hbond substituents is 2. The van der Waals surface area contributed by atoms with E-state index in [0.717, 1.165) is 19.4 Å². The fourth-order valence-electron chi connectivity index (χ4n) is 1.86. The van der Waals surface area contributed by atoms with Gasteiger partial charge in [-0.3, -0.25) is 0 Å². The number of ether oxygens (including phenoxy) is 3. The molecule has 106 valence electrons. The minimum absolute atomic E-state index is 0.0854. The molecule has 1 saturated heterocycles. The number of hydrogen-bond donors (Lipinski definition) is 2. The first-order chi connectivity index (χ1) is 9.20. The quantitative estimate of drug-likeness (QED) is 0.612. The lowest BCUT2D eigenvalue weighted by molar-refractivity contribution is -0.0739. The van der Waals surface area contributed by atoms with Crippen LogP contribution < -0.4 is 0 Å². The summed E-state index contributed by atoms with van der Waals surface area (Å²) in [6.07, 6.45) is 1.56. The summed E-state index contributed by atoms with van der Waals surface area (Å²) in [5.74, 6) is -0.325. The van der Waals surface area contributed by atoms with Crippen LogP contribution in [0.15, 0.2) is 18.2 Å². The summed E-state index contributed by atoms with van der Waals surface area (Å²) < 4.78 is 16.7. The van der Waals surface area contributed by atoms with E-state index in [-0.39, 0.29) is 17.6 Å². The van der Waals surface area contributed by atoms with E-state index >= 15 is 0 Å². The van der Waals surface area contributed by atoms with Crippen LogP contribution in [0.5, 0.6) is 11.5 Å². The highest BCUT2D eigenvalue weighted by atomic mass is 16.7. The number of benzene rings is 1. The van der Waals surface area contributed by atoms with Crippen molar-refractivity contribution in [2.75, 3.05) is 19.8 Å². The molecule has 1 aliphatic rings. The Kier molecular flexibility index (Phi) is 5.01. The molecule has 1 heterocycles. The van der Waals surface area contributed by atoms with Gasteiger partial charge in [0.1, 0.15) is 6.10 Å². The van der Waals surface area contributed by atoms with Gasteiger partial charge in [-0.25, -0.2) is 0 Å². The van der Waals surface area contributed by atoms with Crippen LogP contribution in [0.1, 0.15) is 31.6 Å². The highest BCUT2D eigenvalue weighted by molar-refractivity contribution is 5.40. The molecule has 0 aliphatic carbocycles. The Bertz CT molecular complexity index is 407. The Morgan fingerprint density at radius 1 is 1.32 bits per heavy atom. The molecule has 1 aromatic carbocycles. The maximum atomic E-state index is 9.44. The van der Waals surface area contributed by atoms with E-state index in [0.29, 0.717) is 18.8 Å². The lowest BCUT2D eigenvalue weighted by atomic mass is 10.2. The van der Waals surface area contributed by atoms with Gasteiger partial charge in [0, 0.05) is 12.2 Å². The summed E-state index contributed by atoms with van der Waals surface area (Å²) in [5, 5.41) is 18.7. The van der Waals surface area contributed by atoms with Crippen LogP contribution in [0, 0.1) is 0 Å². The lowest BCUT2D eigenvalue weighted by Crippen LogP contribution is -2.18. The van der Waals surface area contributed by atoms with E-state index in [4.69, 9.17) is 14.2 Å². The molecule has 1 fully saturated rings. The Morgan fingerprint density at radius 3 is 2.89 bits per heavy atom. The van der Waals surface area contributed by atoms with Gasteiger partial charge in [-0.05, 0) is 18.6 Å². The molecule has 0 amide bonds. The molecule has 2 atom stereocenters. The molecule has 2 rings (SSSR count). The summed E-state index contributed by atoms with van der Waals surface area (Å²) >= 11 is 0. The lowest BCUT2D eigenvalue weighted by Gasteiger charge is -2.12. The van der Waals surface area contributed by atoms with E-state index in [2.05, 4.69) is 6.92 Å². The zero-order valence-corrected chi connectivity index (χ0v) is 11.0. The first-order valence-corrected chi connectivity index (χ1v) is 6.57. The van der Waals surface area contributed by atoms with Crippen LogP contribution in [0.25, 0.3) is 0 Å². The smallest absolute Gasteiger partial charge is 0.184 e. The van der Waals surface area contributed by atoms with Gasteiger partial charge in [-0.1, -0.05) is 19.4 Å². The Balaban J connectivity index is 1.82. The van der Waals surface area contributed by atoms with E-state index in [9.17, 15) is 10.2 Å². The van der Waals surface area contributed by atoms with Crippen molar-refractivity contribution in [2.24, 2.45) is 0 Å². The molecular weight excluding hydrogens is 248 g/mol. The maximum absolute atomic E-state index is 9.44. The van der Waals surface area contributed by atoms with Crippen LogP contribution >= 0.6 is 0 Å². The van der Waals surface area contributed by atoms with Crippen LogP contribution in [0.4, 0.5) is 0 Å². The van der Waals surface area contributed by atoms with Gasteiger partial charge in [-0.2, -0.15) is 0 Å². The number of rotatable bonds is 6. The predicted octanol–water partition coefficient (Wildman–Crippen LogP) is 2.33. The third-order valence-electron chi connectivity index (χ3n) is 2.97. The van der Waals surface area contributed by atoms with E-state index in [1.165, 1.54) is 12.1 Å². The van der Waals surface area contributed by atoms with Gasteiger partial charge in [-0.15, -0.1) is 0 Å². The van der Waals surface area contributed by atoms with Crippen LogP contribution in [-0.4, -0.2) is 36.1 Å². The molecule has 19 heavy (non-hydrogen) atoms. The van der Waals surface area contributed by atoms with Crippen molar-refractivity contribution in [3.63, 3.8) is 0 Å². The molecular formula is C14H20O5. The summed E-state index contributed by atoms with van der Waals surface area (Å²) in [7, 11) is 0. The largest absolute Gasteiger partial charge is 0.504 e.